The number of fused-ring (bicyclic) bond motifs is 2. The number of ether oxygens (including phenoxy) is 2. The number of carboxylic acid groups (broad SMARTS) is 1. The summed E-state index contributed by atoms with van der Waals surface area (Å²) in [5, 5.41) is 9.24. The Kier molecular flexibility index (Phi) is 2.83. The molecular weight excluding hydrogens is 238 g/mol. The maximum Gasteiger partial charge on any atom is 0.310 e. The summed E-state index contributed by atoms with van der Waals surface area (Å²) in [6, 6.07) is 0. The summed E-state index contributed by atoms with van der Waals surface area (Å²) in [6.45, 7) is 2.09. The van der Waals surface area contributed by atoms with Crippen molar-refractivity contribution in [3.05, 3.63) is 12.2 Å². The highest BCUT2D eigenvalue weighted by molar-refractivity contribution is 5.87. The molecule has 6 heteroatoms. The third-order valence-corrected chi connectivity index (χ3v) is 3.79. The first kappa shape index (κ1) is 11.7. The van der Waals surface area contributed by atoms with Crippen molar-refractivity contribution in [2.45, 2.75) is 12.2 Å². The molecule has 0 aliphatic carbocycles. The zero-order chi connectivity index (χ0) is 12.7. The maximum atomic E-state index is 12.4. The van der Waals surface area contributed by atoms with E-state index in [4.69, 9.17) is 9.47 Å². The molecule has 1 amide bonds. The van der Waals surface area contributed by atoms with Crippen LogP contribution in [0, 0.1) is 11.8 Å². The van der Waals surface area contributed by atoms with E-state index in [9.17, 15) is 14.7 Å². The van der Waals surface area contributed by atoms with Crippen molar-refractivity contribution in [1.29, 1.82) is 0 Å². The van der Waals surface area contributed by atoms with Crippen molar-refractivity contribution in [3.63, 3.8) is 0 Å². The van der Waals surface area contributed by atoms with E-state index in [2.05, 4.69) is 0 Å². The van der Waals surface area contributed by atoms with E-state index in [0.29, 0.717) is 26.3 Å². The van der Waals surface area contributed by atoms with Crippen LogP contribution in [0.15, 0.2) is 12.2 Å². The fourth-order valence-electron chi connectivity index (χ4n) is 2.89. The van der Waals surface area contributed by atoms with Gasteiger partial charge in [-0.1, -0.05) is 12.2 Å². The van der Waals surface area contributed by atoms with Crippen LogP contribution < -0.4 is 0 Å². The molecule has 0 saturated carbocycles. The number of hydrogen-bond donors (Lipinski definition) is 1. The Morgan fingerprint density at radius 2 is 1.72 bits per heavy atom. The van der Waals surface area contributed by atoms with Gasteiger partial charge in [-0.25, -0.2) is 0 Å². The van der Waals surface area contributed by atoms with Gasteiger partial charge >= 0.3 is 5.97 Å². The first-order chi connectivity index (χ1) is 8.68. The highest BCUT2D eigenvalue weighted by Crippen LogP contribution is 2.40. The molecule has 2 fully saturated rings. The molecule has 2 saturated heterocycles. The van der Waals surface area contributed by atoms with Gasteiger partial charge in [-0.2, -0.15) is 0 Å². The number of rotatable bonds is 2. The number of hydrogen-bond acceptors (Lipinski definition) is 4. The Bertz CT molecular complexity index is 401. The van der Waals surface area contributed by atoms with Crippen LogP contribution in [0.25, 0.3) is 0 Å². The second kappa shape index (κ2) is 4.37. The van der Waals surface area contributed by atoms with Gasteiger partial charge in [0, 0.05) is 13.1 Å². The van der Waals surface area contributed by atoms with Gasteiger partial charge in [-0.05, 0) is 0 Å². The van der Waals surface area contributed by atoms with Crippen LogP contribution in [0.1, 0.15) is 0 Å². The van der Waals surface area contributed by atoms with Crippen molar-refractivity contribution in [2.24, 2.45) is 11.8 Å². The van der Waals surface area contributed by atoms with Crippen LogP contribution in [0.2, 0.25) is 0 Å². The summed E-state index contributed by atoms with van der Waals surface area (Å²) >= 11 is 0. The summed E-state index contributed by atoms with van der Waals surface area (Å²) in [5.74, 6) is -2.42. The second-order valence-corrected chi connectivity index (χ2v) is 4.78. The molecule has 0 aromatic carbocycles. The van der Waals surface area contributed by atoms with Crippen molar-refractivity contribution in [2.75, 3.05) is 26.3 Å². The highest BCUT2D eigenvalue weighted by atomic mass is 16.5. The third-order valence-electron chi connectivity index (χ3n) is 3.79. The quantitative estimate of drug-likeness (QED) is 0.671. The first-order valence-corrected chi connectivity index (χ1v) is 6.11. The zero-order valence-corrected chi connectivity index (χ0v) is 9.82. The number of morpholine rings is 1. The van der Waals surface area contributed by atoms with Crippen LogP contribution in [0.4, 0.5) is 0 Å². The smallest absolute Gasteiger partial charge is 0.310 e. The summed E-state index contributed by atoms with van der Waals surface area (Å²) in [6.07, 6.45) is 2.70. The molecule has 6 nitrogen and oxygen atoms in total. The number of carboxylic acids is 1. The average Bonchev–Trinajstić information content (AvgIpc) is 2.99. The molecular formula is C12H15NO5. The van der Waals surface area contributed by atoms with Crippen LogP contribution in [0.3, 0.4) is 0 Å². The summed E-state index contributed by atoms with van der Waals surface area (Å²) in [5.41, 5.74) is 0. The van der Waals surface area contributed by atoms with Crippen molar-refractivity contribution >= 4 is 11.9 Å². The summed E-state index contributed by atoms with van der Waals surface area (Å²) in [7, 11) is 0. The molecule has 0 radical (unpaired) electrons. The predicted molar refractivity (Wildman–Crippen MR) is 59.8 cm³/mol. The number of nitrogens with zero attached hydrogens (tertiary/aromatic N) is 1. The van der Waals surface area contributed by atoms with E-state index in [-0.39, 0.29) is 12.0 Å². The monoisotopic (exact) mass is 253 g/mol. The Balaban J connectivity index is 1.79. The van der Waals surface area contributed by atoms with Crippen molar-refractivity contribution in [1.82, 2.24) is 4.90 Å². The minimum Gasteiger partial charge on any atom is -0.481 e. The van der Waals surface area contributed by atoms with Gasteiger partial charge in [0.15, 0.2) is 0 Å². The topological polar surface area (TPSA) is 76.1 Å². The van der Waals surface area contributed by atoms with Crippen LogP contribution in [-0.4, -0.2) is 60.4 Å². The maximum absolute atomic E-state index is 12.4. The number of carbonyl (C=O) groups excluding carboxylic acids is 1. The van der Waals surface area contributed by atoms with E-state index in [1.807, 2.05) is 0 Å². The van der Waals surface area contributed by atoms with Gasteiger partial charge < -0.3 is 19.5 Å². The molecule has 18 heavy (non-hydrogen) atoms. The van der Waals surface area contributed by atoms with Gasteiger partial charge in [0.05, 0.1) is 31.3 Å². The van der Waals surface area contributed by atoms with Gasteiger partial charge in [-0.15, -0.1) is 0 Å². The Hall–Kier alpha value is -1.40. The molecule has 0 aromatic rings. The van der Waals surface area contributed by atoms with E-state index in [0.717, 1.165) is 0 Å². The van der Waals surface area contributed by atoms with E-state index < -0.39 is 23.9 Å². The van der Waals surface area contributed by atoms with Gasteiger partial charge in [-0.3, -0.25) is 9.59 Å². The van der Waals surface area contributed by atoms with Crippen LogP contribution >= 0.6 is 0 Å². The second-order valence-electron chi connectivity index (χ2n) is 4.78. The van der Waals surface area contributed by atoms with Gasteiger partial charge in [0.25, 0.3) is 0 Å². The Morgan fingerprint density at radius 1 is 1.11 bits per heavy atom. The molecule has 0 unspecified atom stereocenters. The van der Waals surface area contributed by atoms with Crippen molar-refractivity contribution < 1.29 is 24.2 Å². The molecule has 0 spiro atoms. The number of carbonyl (C=O) groups is 2. The summed E-state index contributed by atoms with van der Waals surface area (Å²) < 4.78 is 10.7. The Morgan fingerprint density at radius 3 is 2.33 bits per heavy atom. The molecule has 3 aliphatic heterocycles. The molecule has 3 rings (SSSR count). The van der Waals surface area contributed by atoms with E-state index in [1.165, 1.54) is 0 Å². The summed E-state index contributed by atoms with van der Waals surface area (Å²) in [4.78, 5) is 25.4. The lowest BCUT2D eigenvalue weighted by atomic mass is 9.82. The normalized spacial score (nSPS) is 38.1. The van der Waals surface area contributed by atoms with Crippen LogP contribution in [-0.2, 0) is 19.1 Å². The fourth-order valence-corrected chi connectivity index (χ4v) is 2.89. The number of aliphatic carboxylic acids is 1. The fraction of sp³-hybridized carbons (Fsp3) is 0.667. The largest absolute Gasteiger partial charge is 0.481 e. The lowest BCUT2D eigenvalue weighted by Crippen LogP contribution is -2.48. The lowest BCUT2D eigenvalue weighted by molar-refractivity contribution is -0.151. The standard InChI is InChI=1S/C12H15NO5/c14-11(13-3-5-17-6-4-13)9-7-1-2-8(18-7)10(9)12(15)16/h1-2,7-10H,3-6H2,(H,15,16)/t7-,8-,9-,10-/m1/s1. The van der Waals surface area contributed by atoms with Gasteiger partial charge in [0.1, 0.15) is 5.92 Å². The average molecular weight is 253 g/mol. The van der Waals surface area contributed by atoms with Crippen LogP contribution in [0.5, 0.6) is 0 Å². The molecule has 1 N–H and O–H groups in total. The van der Waals surface area contributed by atoms with E-state index >= 15 is 0 Å². The van der Waals surface area contributed by atoms with Crippen molar-refractivity contribution in [3.8, 4) is 0 Å². The number of amides is 1. The molecule has 3 heterocycles. The molecule has 98 valence electrons. The molecule has 0 aromatic heterocycles. The zero-order valence-electron chi connectivity index (χ0n) is 9.82. The minimum absolute atomic E-state index is 0.123. The first-order valence-electron chi connectivity index (χ1n) is 6.11. The molecule has 3 aliphatic rings. The Labute approximate surface area is 104 Å². The third kappa shape index (κ3) is 1.72. The van der Waals surface area contributed by atoms with E-state index in [1.54, 1.807) is 17.1 Å². The lowest BCUT2D eigenvalue weighted by Gasteiger charge is -2.31. The SMILES string of the molecule is O=C(O)[C@H]1[C@H](C(=O)N2CCOCC2)[C@H]2C=C[C@H]1O2. The minimum atomic E-state index is -0.960. The molecule has 2 bridgehead atoms. The predicted octanol–water partition coefficient (Wildman–Crippen LogP) is -0.501. The van der Waals surface area contributed by atoms with Gasteiger partial charge in [0.2, 0.25) is 5.91 Å². The molecule has 4 atom stereocenters. The highest BCUT2D eigenvalue weighted by Gasteiger charge is 2.54.